The first kappa shape index (κ1) is 15.0. The van der Waals surface area contributed by atoms with Crippen LogP contribution in [0.2, 0.25) is 0 Å². The van der Waals surface area contributed by atoms with Crippen molar-refractivity contribution in [2.24, 2.45) is 0 Å². The Bertz CT molecular complexity index is 459. The first-order valence-electron chi connectivity index (χ1n) is 6.65. The lowest BCUT2D eigenvalue weighted by Gasteiger charge is -2.29. The Balaban J connectivity index is 1.87. The van der Waals surface area contributed by atoms with Crippen molar-refractivity contribution in [1.82, 2.24) is 15.2 Å². The first-order chi connectivity index (χ1) is 9.60. The SMILES string of the molecule is CNc1nc(N)c(C(=O)NC(C)CN2CCOCC2)s1. The van der Waals surface area contributed by atoms with E-state index in [2.05, 4.69) is 20.5 Å². The number of aromatic nitrogens is 1. The zero-order valence-corrected chi connectivity index (χ0v) is 12.6. The predicted octanol–water partition coefficient (Wildman–Crippen LogP) is 0.218. The fourth-order valence-electron chi connectivity index (χ4n) is 2.11. The lowest BCUT2D eigenvalue weighted by atomic mass is 10.2. The zero-order valence-electron chi connectivity index (χ0n) is 11.8. The molecule has 1 aliphatic heterocycles. The molecule has 7 nitrogen and oxygen atoms in total. The summed E-state index contributed by atoms with van der Waals surface area (Å²) in [7, 11) is 1.75. The van der Waals surface area contributed by atoms with Gasteiger partial charge < -0.3 is 21.1 Å². The number of nitrogens with zero attached hydrogens (tertiary/aromatic N) is 2. The van der Waals surface area contributed by atoms with Crippen molar-refractivity contribution in [2.75, 3.05) is 50.9 Å². The van der Waals surface area contributed by atoms with Gasteiger partial charge in [-0.15, -0.1) is 0 Å². The van der Waals surface area contributed by atoms with Gasteiger partial charge in [-0.25, -0.2) is 4.98 Å². The van der Waals surface area contributed by atoms with Crippen LogP contribution in [0.3, 0.4) is 0 Å². The lowest BCUT2D eigenvalue weighted by molar-refractivity contribution is 0.0342. The molecule has 20 heavy (non-hydrogen) atoms. The van der Waals surface area contributed by atoms with Crippen LogP contribution in [0.15, 0.2) is 0 Å². The molecule has 0 radical (unpaired) electrons. The average molecular weight is 299 g/mol. The molecule has 1 amide bonds. The minimum absolute atomic E-state index is 0.0557. The number of hydrogen-bond acceptors (Lipinski definition) is 7. The smallest absolute Gasteiger partial charge is 0.265 e. The number of nitrogen functional groups attached to an aromatic ring is 1. The number of anilines is 2. The lowest BCUT2D eigenvalue weighted by Crippen LogP contribution is -2.45. The van der Waals surface area contributed by atoms with Gasteiger partial charge in [0, 0.05) is 32.7 Å². The minimum atomic E-state index is -0.165. The molecule has 1 aliphatic rings. The highest BCUT2D eigenvalue weighted by atomic mass is 32.1. The van der Waals surface area contributed by atoms with Crippen molar-refractivity contribution in [3.63, 3.8) is 0 Å². The Morgan fingerprint density at radius 2 is 2.25 bits per heavy atom. The number of ether oxygens (including phenoxy) is 1. The Labute approximate surface area is 122 Å². The van der Waals surface area contributed by atoms with E-state index < -0.39 is 0 Å². The standard InChI is InChI=1S/C12H21N5O2S/c1-8(7-17-3-5-19-6-4-17)15-11(18)9-10(13)16-12(14-2)20-9/h8H,3-7,13H2,1-2H3,(H,14,16)(H,15,18). The molecule has 1 atom stereocenters. The Morgan fingerprint density at radius 3 is 2.85 bits per heavy atom. The fraction of sp³-hybridized carbons (Fsp3) is 0.667. The predicted molar refractivity (Wildman–Crippen MR) is 80.3 cm³/mol. The van der Waals surface area contributed by atoms with Crippen molar-refractivity contribution in [3.8, 4) is 0 Å². The minimum Gasteiger partial charge on any atom is -0.382 e. The molecule has 1 saturated heterocycles. The summed E-state index contributed by atoms with van der Waals surface area (Å²) in [5, 5.41) is 6.50. The van der Waals surface area contributed by atoms with Gasteiger partial charge in [0.15, 0.2) is 5.13 Å². The third-order valence-electron chi connectivity index (χ3n) is 3.09. The number of morpholine rings is 1. The van der Waals surface area contributed by atoms with E-state index in [9.17, 15) is 4.79 Å². The normalized spacial score (nSPS) is 17.7. The number of nitrogens with one attached hydrogen (secondary N) is 2. The van der Waals surface area contributed by atoms with Gasteiger partial charge in [-0.05, 0) is 6.92 Å². The molecule has 2 rings (SSSR count). The Kier molecular flexibility index (Phi) is 5.16. The van der Waals surface area contributed by atoms with Crippen molar-refractivity contribution in [1.29, 1.82) is 0 Å². The highest BCUT2D eigenvalue weighted by molar-refractivity contribution is 7.18. The van der Waals surface area contributed by atoms with E-state index in [4.69, 9.17) is 10.5 Å². The number of carbonyl (C=O) groups excluding carboxylic acids is 1. The summed E-state index contributed by atoms with van der Waals surface area (Å²) in [6.07, 6.45) is 0. The number of carbonyl (C=O) groups is 1. The largest absolute Gasteiger partial charge is 0.382 e. The Hall–Kier alpha value is -1.38. The van der Waals surface area contributed by atoms with Gasteiger partial charge in [-0.1, -0.05) is 11.3 Å². The highest BCUT2D eigenvalue weighted by Crippen LogP contribution is 2.24. The summed E-state index contributed by atoms with van der Waals surface area (Å²) in [4.78, 5) is 19.0. The molecule has 1 fully saturated rings. The summed E-state index contributed by atoms with van der Waals surface area (Å²) in [6, 6.07) is 0.0557. The van der Waals surface area contributed by atoms with Crippen LogP contribution < -0.4 is 16.4 Å². The van der Waals surface area contributed by atoms with Crippen LogP contribution in [0.1, 0.15) is 16.6 Å². The van der Waals surface area contributed by atoms with Crippen molar-refractivity contribution >= 4 is 28.2 Å². The van der Waals surface area contributed by atoms with Gasteiger partial charge in [-0.2, -0.15) is 0 Å². The molecule has 0 bridgehead atoms. The van der Waals surface area contributed by atoms with Gasteiger partial charge in [-0.3, -0.25) is 9.69 Å². The van der Waals surface area contributed by atoms with Gasteiger partial charge in [0.1, 0.15) is 10.7 Å². The summed E-state index contributed by atoms with van der Waals surface area (Å²) in [5.74, 6) is 0.109. The van der Waals surface area contributed by atoms with Crippen LogP contribution >= 0.6 is 11.3 Å². The van der Waals surface area contributed by atoms with Crippen LogP contribution in [-0.4, -0.2) is 61.7 Å². The quantitative estimate of drug-likeness (QED) is 0.720. The van der Waals surface area contributed by atoms with Crippen molar-refractivity contribution in [3.05, 3.63) is 4.88 Å². The molecule has 0 aliphatic carbocycles. The van der Waals surface area contributed by atoms with E-state index in [-0.39, 0.29) is 17.8 Å². The molecule has 0 aromatic carbocycles. The van der Waals surface area contributed by atoms with Gasteiger partial charge in [0.05, 0.1) is 13.2 Å². The maximum atomic E-state index is 12.2. The van der Waals surface area contributed by atoms with Gasteiger partial charge >= 0.3 is 0 Å². The maximum absolute atomic E-state index is 12.2. The highest BCUT2D eigenvalue weighted by Gasteiger charge is 2.19. The topological polar surface area (TPSA) is 92.5 Å². The summed E-state index contributed by atoms with van der Waals surface area (Å²) >= 11 is 1.26. The molecule has 4 N–H and O–H groups in total. The zero-order chi connectivity index (χ0) is 14.5. The van der Waals surface area contributed by atoms with Crippen LogP contribution in [0.25, 0.3) is 0 Å². The first-order valence-corrected chi connectivity index (χ1v) is 7.47. The monoisotopic (exact) mass is 299 g/mol. The molecular weight excluding hydrogens is 278 g/mol. The van der Waals surface area contributed by atoms with E-state index in [0.29, 0.717) is 10.0 Å². The van der Waals surface area contributed by atoms with Gasteiger partial charge in [0.25, 0.3) is 5.91 Å². The second kappa shape index (κ2) is 6.87. The molecule has 112 valence electrons. The Morgan fingerprint density at radius 1 is 1.55 bits per heavy atom. The second-order valence-electron chi connectivity index (χ2n) is 4.77. The van der Waals surface area contributed by atoms with Crippen LogP contribution in [-0.2, 0) is 4.74 Å². The van der Waals surface area contributed by atoms with Crippen molar-refractivity contribution < 1.29 is 9.53 Å². The molecular formula is C12H21N5O2S. The molecule has 1 aromatic heterocycles. The van der Waals surface area contributed by atoms with E-state index in [1.165, 1.54) is 11.3 Å². The molecule has 1 unspecified atom stereocenters. The number of rotatable bonds is 5. The fourth-order valence-corrected chi connectivity index (χ4v) is 2.85. The van der Waals surface area contributed by atoms with E-state index in [0.717, 1.165) is 32.8 Å². The van der Waals surface area contributed by atoms with Crippen LogP contribution in [0, 0.1) is 0 Å². The van der Waals surface area contributed by atoms with E-state index >= 15 is 0 Å². The number of hydrogen-bond donors (Lipinski definition) is 3. The van der Waals surface area contributed by atoms with Crippen LogP contribution in [0.5, 0.6) is 0 Å². The van der Waals surface area contributed by atoms with E-state index in [1.807, 2.05) is 6.92 Å². The summed E-state index contributed by atoms with van der Waals surface area (Å²) < 4.78 is 5.30. The molecule has 0 saturated carbocycles. The van der Waals surface area contributed by atoms with Crippen molar-refractivity contribution in [2.45, 2.75) is 13.0 Å². The van der Waals surface area contributed by atoms with Gasteiger partial charge in [0.2, 0.25) is 0 Å². The summed E-state index contributed by atoms with van der Waals surface area (Å²) in [5.41, 5.74) is 5.75. The van der Waals surface area contributed by atoms with E-state index in [1.54, 1.807) is 7.05 Å². The molecule has 0 spiro atoms. The number of thiazole rings is 1. The second-order valence-corrected chi connectivity index (χ2v) is 5.77. The van der Waals surface area contributed by atoms with Crippen LogP contribution in [0.4, 0.5) is 10.9 Å². The summed E-state index contributed by atoms with van der Waals surface area (Å²) in [6.45, 7) is 6.14. The molecule has 1 aromatic rings. The average Bonchev–Trinajstić information content (AvgIpc) is 2.81. The number of nitrogens with two attached hydrogens (primary N) is 1. The molecule has 2 heterocycles. The number of amides is 1. The molecule has 8 heteroatoms. The third kappa shape index (κ3) is 3.81. The maximum Gasteiger partial charge on any atom is 0.265 e. The third-order valence-corrected chi connectivity index (χ3v) is 4.17.